The van der Waals surface area contributed by atoms with Crippen LogP contribution in [0, 0.1) is 6.92 Å². The number of nitrogens with zero attached hydrogens (tertiary/aromatic N) is 2. The first-order valence-corrected chi connectivity index (χ1v) is 6.03. The average molecular weight is 254 g/mol. The third-order valence-corrected chi connectivity index (χ3v) is 2.94. The molecular formula is C14H14N4O. The Morgan fingerprint density at radius 3 is 3.05 bits per heavy atom. The molecule has 1 aromatic carbocycles. The highest BCUT2D eigenvalue weighted by molar-refractivity contribution is 5.78. The molecule has 3 aromatic rings. The molecule has 0 aliphatic carbocycles. The minimum absolute atomic E-state index is 0.477. The van der Waals surface area contributed by atoms with Crippen LogP contribution in [0.15, 0.2) is 40.9 Å². The lowest BCUT2D eigenvalue weighted by Crippen LogP contribution is -2.03. The maximum absolute atomic E-state index is 5.71. The Balaban J connectivity index is 1.80. The summed E-state index contributed by atoms with van der Waals surface area (Å²) in [6.45, 7) is 2.60. The number of rotatable bonds is 3. The van der Waals surface area contributed by atoms with Gasteiger partial charge in [0, 0.05) is 11.9 Å². The summed E-state index contributed by atoms with van der Waals surface area (Å²) in [6.07, 6.45) is 1.77. The Bertz CT molecular complexity index is 720. The van der Waals surface area contributed by atoms with Crippen molar-refractivity contribution in [1.29, 1.82) is 0 Å². The van der Waals surface area contributed by atoms with Crippen LogP contribution in [-0.4, -0.2) is 9.97 Å². The zero-order valence-corrected chi connectivity index (χ0v) is 10.6. The number of nitrogens with two attached hydrogens (primary N) is 1. The first kappa shape index (κ1) is 11.5. The van der Waals surface area contributed by atoms with Crippen LogP contribution in [0.25, 0.3) is 11.1 Å². The van der Waals surface area contributed by atoms with Crippen molar-refractivity contribution in [3.8, 4) is 0 Å². The number of anilines is 2. The van der Waals surface area contributed by atoms with Crippen LogP contribution < -0.4 is 11.1 Å². The molecular weight excluding hydrogens is 240 g/mol. The van der Waals surface area contributed by atoms with Crippen LogP contribution in [0.5, 0.6) is 0 Å². The molecule has 0 bridgehead atoms. The molecule has 0 aliphatic heterocycles. The summed E-state index contributed by atoms with van der Waals surface area (Å²) in [5.41, 5.74) is 9.96. The second-order valence-corrected chi connectivity index (χ2v) is 4.37. The van der Waals surface area contributed by atoms with Crippen LogP contribution in [0.3, 0.4) is 0 Å². The number of hydrogen-bond donors (Lipinski definition) is 2. The van der Waals surface area contributed by atoms with Gasteiger partial charge in [-0.2, -0.15) is 4.98 Å². The number of fused-ring (bicyclic) bond motifs is 1. The number of aromatic nitrogens is 2. The quantitative estimate of drug-likeness (QED) is 0.703. The molecule has 0 saturated heterocycles. The summed E-state index contributed by atoms with van der Waals surface area (Å²) < 4.78 is 5.58. The van der Waals surface area contributed by atoms with E-state index < -0.39 is 0 Å². The molecule has 5 nitrogen and oxygen atoms in total. The zero-order valence-electron chi connectivity index (χ0n) is 10.6. The van der Waals surface area contributed by atoms with Gasteiger partial charge in [-0.1, -0.05) is 6.07 Å². The molecule has 0 amide bonds. The van der Waals surface area contributed by atoms with Gasteiger partial charge in [-0.25, -0.2) is 0 Å². The normalized spacial score (nSPS) is 10.8. The van der Waals surface area contributed by atoms with Gasteiger partial charge < -0.3 is 15.5 Å². The van der Waals surface area contributed by atoms with Gasteiger partial charge in [-0.15, -0.1) is 0 Å². The lowest BCUT2D eigenvalue weighted by Gasteiger charge is -2.03. The van der Waals surface area contributed by atoms with Gasteiger partial charge in [0.1, 0.15) is 5.52 Å². The average Bonchev–Trinajstić information content (AvgIpc) is 2.79. The molecule has 0 radical (unpaired) electrons. The van der Waals surface area contributed by atoms with E-state index in [1.165, 1.54) is 0 Å². The number of hydrogen-bond acceptors (Lipinski definition) is 5. The number of benzene rings is 1. The van der Waals surface area contributed by atoms with Crippen molar-refractivity contribution in [2.24, 2.45) is 0 Å². The van der Waals surface area contributed by atoms with Gasteiger partial charge >= 0.3 is 0 Å². The Kier molecular flexibility index (Phi) is 2.79. The van der Waals surface area contributed by atoms with Gasteiger partial charge in [-0.05, 0) is 36.8 Å². The van der Waals surface area contributed by atoms with Crippen molar-refractivity contribution in [1.82, 2.24) is 9.97 Å². The molecule has 2 heterocycles. The van der Waals surface area contributed by atoms with Gasteiger partial charge in [0.15, 0.2) is 5.58 Å². The van der Waals surface area contributed by atoms with Crippen molar-refractivity contribution in [3.05, 3.63) is 47.8 Å². The standard InChI is InChI=1S/C14H14N4O/c1-9-3-2-6-16-12(9)8-17-14-18-11-7-10(15)4-5-13(11)19-14/h2-7H,8,15H2,1H3,(H,17,18). The minimum Gasteiger partial charge on any atom is -0.424 e. The smallest absolute Gasteiger partial charge is 0.296 e. The fraction of sp³-hybridized carbons (Fsp3) is 0.143. The van der Waals surface area contributed by atoms with Gasteiger partial charge in [0.2, 0.25) is 0 Å². The largest absolute Gasteiger partial charge is 0.424 e. The summed E-state index contributed by atoms with van der Waals surface area (Å²) in [5, 5.41) is 3.13. The first-order chi connectivity index (χ1) is 9.22. The van der Waals surface area contributed by atoms with E-state index in [4.69, 9.17) is 10.2 Å². The predicted molar refractivity (Wildman–Crippen MR) is 74.7 cm³/mol. The van der Waals surface area contributed by atoms with Crippen LogP contribution in [-0.2, 0) is 6.54 Å². The molecule has 0 unspecified atom stereocenters. The van der Waals surface area contributed by atoms with Crippen molar-refractivity contribution in [2.75, 3.05) is 11.1 Å². The molecule has 0 atom stereocenters. The maximum atomic E-state index is 5.71. The Morgan fingerprint density at radius 1 is 1.32 bits per heavy atom. The Labute approximate surface area is 110 Å². The third-order valence-electron chi connectivity index (χ3n) is 2.94. The molecule has 2 aromatic heterocycles. The van der Waals surface area contributed by atoms with E-state index in [1.54, 1.807) is 18.3 Å². The molecule has 0 aliphatic rings. The zero-order chi connectivity index (χ0) is 13.2. The third kappa shape index (κ3) is 2.35. The Hall–Kier alpha value is -2.56. The van der Waals surface area contributed by atoms with E-state index >= 15 is 0 Å². The molecule has 3 rings (SSSR count). The second kappa shape index (κ2) is 4.61. The van der Waals surface area contributed by atoms with Crippen molar-refractivity contribution in [2.45, 2.75) is 13.5 Å². The minimum atomic E-state index is 0.477. The van der Waals surface area contributed by atoms with Gasteiger partial charge in [-0.3, -0.25) is 4.98 Å². The monoisotopic (exact) mass is 254 g/mol. The number of pyridine rings is 1. The summed E-state index contributed by atoms with van der Waals surface area (Å²) in [4.78, 5) is 8.64. The summed E-state index contributed by atoms with van der Waals surface area (Å²) in [6, 6.07) is 9.81. The fourth-order valence-corrected chi connectivity index (χ4v) is 1.88. The van der Waals surface area contributed by atoms with E-state index in [1.807, 2.05) is 25.1 Å². The van der Waals surface area contributed by atoms with E-state index in [0.717, 1.165) is 22.4 Å². The molecule has 96 valence electrons. The number of nitrogens with one attached hydrogen (secondary N) is 1. The lowest BCUT2D eigenvalue weighted by molar-refractivity contribution is 0.613. The van der Waals surface area contributed by atoms with Gasteiger partial charge in [0.25, 0.3) is 6.01 Å². The number of oxazole rings is 1. The van der Waals surface area contributed by atoms with E-state index in [9.17, 15) is 0 Å². The number of nitrogen functional groups attached to an aromatic ring is 1. The number of aryl methyl sites for hydroxylation is 1. The van der Waals surface area contributed by atoms with Crippen LogP contribution in [0.2, 0.25) is 0 Å². The predicted octanol–water partition coefficient (Wildman–Crippen LogP) is 2.73. The van der Waals surface area contributed by atoms with E-state index in [2.05, 4.69) is 15.3 Å². The van der Waals surface area contributed by atoms with Crippen LogP contribution in [0.1, 0.15) is 11.3 Å². The summed E-state index contributed by atoms with van der Waals surface area (Å²) in [7, 11) is 0. The Morgan fingerprint density at radius 2 is 2.21 bits per heavy atom. The van der Waals surface area contributed by atoms with Crippen molar-refractivity contribution < 1.29 is 4.42 Å². The van der Waals surface area contributed by atoms with Crippen molar-refractivity contribution >= 4 is 22.8 Å². The second-order valence-electron chi connectivity index (χ2n) is 4.37. The summed E-state index contributed by atoms with van der Waals surface area (Å²) in [5.74, 6) is 0. The first-order valence-electron chi connectivity index (χ1n) is 6.03. The van der Waals surface area contributed by atoms with Gasteiger partial charge in [0.05, 0.1) is 12.2 Å². The highest BCUT2D eigenvalue weighted by atomic mass is 16.4. The van der Waals surface area contributed by atoms with Crippen LogP contribution in [0.4, 0.5) is 11.7 Å². The van der Waals surface area contributed by atoms with E-state index in [0.29, 0.717) is 18.2 Å². The summed E-state index contributed by atoms with van der Waals surface area (Å²) >= 11 is 0. The molecule has 3 N–H and O–H groups in total. The van der Waals surface area contributed by atoms with Crippen LogP contribution >= 0.6 is 0 Å². The molecule has 5 heteroatoms. The SMILES string of the molecule is Cc1cccnc1CNc1nc2cc(N)ccc2o1. The lowest BCUT2D eigenvalue weighted by atomic mass is 10.2. The molecule has 0 spiro atoms. The maximum Gasteiger partial charge on any atom is 0.296 e. The highest BCUT2D eigenvalue weighted by Gasteiger charge is 2.06. The molecule has 19 heavy (non-hydrogen) atoms. The fourth-order valence-electron chi connectivity index (χ4n) is 1.88. The highest BCUT2D eigenvalue weighted by Crippen LogP contribution is 2.21. The molecule has 0 saturated carbocycles. The topological polar surface area (TPSA) is 77.0 Å². The van der Waals surface area contributed by atoms with Crippen molar-refractivity contribution in [3.63, 3.8) is 0 Å². The van der Waals surface area contributed by atoms with E-state index in [-0.39, 0.29) is 0 Å². The molecule has 0 fully saturated rings.